The molecule has 13 atom stereocenters. The Kier molecular flexibility index (Phi) is 3.52. The summed E-state index contributed by atoms with van der Waals surface area (Å²) in [5, 5.41) is 0. The van der Waals surface area contributed by atoms with Crippen molar-refractivity contribution in [1.29, 1.82) is 0 Å². The van der Waals surface area contributed by atoms with Gasteiger partial charge in [-0.1, -0.05) is 45.1 Å². The van der Waals surface area contributed by atoms with Crippen LogP contribution < -0.4 is 0 Å². The molecular formula is C30H34O7. The standard InChI is InChI=1S/C30H34O7/c1-15-11-19-21(16(2)23(31)34-19)22-30(36-22)25(3)9-10-29(15,30)28(13-25)18-6-5-17-7-8-26(4)33-14-27(17,37-26)12-20(18)35-24(28)32/h5,7-10,15-16,18-22H,6,11-14H2,1-4H3/t15-,16+,18-,19+,20+,21+,22+,25-,26+,27+,28+,29-,30-/m0/s1. The zero-order chi connectivity index (χ0) is 25.4. The van der Waals surface area contributed by atoms with Crippen LogP contribution >= 0.6 is 0 Å². The van der Waals surface area contributed by atoms with E-state index in [9.17, 15) is 9.59 Å². The lowest BCUT2D eigenvalue weighted by atomic mass is 9.51. The van der Waals surface area contributed by atoms with Gasteiger partial charge in [0.1, 0.15) is 23.4 Å². The molecular weight excluding hydrogens is 472 g/mol. The van der Waals surface area contributed by atoms with Gasteiger partial charge in [0, 0.05) is 29.1 Å². The van der Waals surface area contributed by atoms with E-state index in [0.29, 0.717) is 13.0 Å². The van der Waals surface area contributed by atoms with E-state index in [1.165, 1.54) is 0 Å². The van der Waals surface area contributed by atoms with Crippen LogP contribution in [-0.4, -0.2) is 53.8 Å². The van der Waals surface area contributed by atoms with Crippen LogP contribution in [0.2, 0.25) is 0 Å². The van der Waals surface area contributed by atoms with Gasteiger partial charge in [-0.15, -0.1) is 0 Å². The van der Waals surface area contributed by atoms with Gasteiger partial charge in [0.2, 0.25) is 0 Å². The van der Waals surface area contributed by atoms with Crippen LogP contribution in [0.5, 0.6) is 0 Å². The fourth-order valence-electron chi connectivity index (χ4n) is 11.1. The zero-order valence-corrected chi connectivity index (χ0v) is 21.8. The Bertz CT molecular complexity index is 1280. The summed E-state index contributed by atoms with van der Waals surface area (Å²) in [6.45, 7) is 8.92. The first-order valence-electron chi connectivity index (χ1n) is 14.1. The molecule has 0 aromatic rings. The first kappa shape index (κ1) is 21.9. The average Bonchev–Trinajstić information content (AvgIpc) is 3.26. The Balaban J connectivity index is 1.20. The number of esters is 2. The lowest BCUT2D eigenvalue weighted by molar-refractivity contribution is -0.159. The summed E-state index contributed by atoms with van der Waals surface area (Å²) in [5.41, 5.74) is -1.40. The fourth-order valence-corrected chi connectivity index (χ4v) is 11.1. The van der Waals surface area contributed by atoms with Gasteiger partial charge in [-0.3, -0.25) is 9.59 Å². The minimum Gasteiger partial charge on any atom is -0.462 e. The van der Waals surface area contributed by atoms with Gasteiger partial charge in [0.15, 0.2) is 5.79 Å². The van der Waals surface area contributed by atoms with E-state index in [1.807, 2.05) is 19.9 Å². The van der Waals surface area contributed by atoms with Crippen molar-refractivity contribution >= 4 is 11.9 Å². The maximum absolute atomic E-state index is 14.4. The summed E-state index contributed by atoms with van der Waals surface area (Å²) in [5.74, 6) is -0.949. The van der Waals surface area contributed by atoms with Gasteiger partial charge in [-0.2, -0.15) is 0 Å². The van der Waals surface area contributed by atoms with E-state index in [1.54, 1.807) is 0 Å². The minimum absolute atomic E-state index is 0.0187. The molecule has 9 aliphatic rings. The molecule has 9 rings (SSSR count). The first-order chi connectivity index (χ1) is 17.5. The second-order valence-electron chi connectivity index (χ2n) is 13.9. The Hall–Kier alpha value is -1.96. The molecule has 7 nitrogen and oxygen atoms in total. The van der Waals surface area contributed by atoms with Crippen molar-refractivity contribution in [2.45, 2.75) is 88.7 Å². The zero-order valence-electron chi connectivity index (χ0n) is 21.8. The van der Waals surface area contributed by atoms with Crippen LogP contribution in [-0.2, 0) is 33.3 Å². The first-order valence-corrected chi connectivity index (χ1v) is 14.1. The predicted octanol–water partition coefficient (Wildman–Crippen LogP) is 3.63. The van der Waals surface area contributed by atoms with Crippen molar-refractivity contribution in [3.63, 3.8) is 0 Å². The number of hydrogen-bond donors (Lipinski definition) is 0. The molecule has 0 amide bonds. The van der Waals surface area contributed by atoms with E-state index in [-0.39, 0.29) is 59.3 Å². The third-order valence-corrected chi connectivity index (χ3v) is 12.5. The number of carbonyl (C=O) groups excluding carboxylic acids is 2. The van der Waals surface area contributed by atoms with Gasteiger partial charge < -0.3 is 23.7 Å². The molecule has 0 aromatic carbocycles. The maximum atomic E-state index is 14.4. The largest absolute Gasteiger partial charge is 0.462 e. The normalized spacial score (nSPS) is 63.1. The molecule has 4 bridgehead atoms. The highest BCUT2D eigenvalue weighted by Crippen LogP contribution is 2.87. The van der Waals surface area contributed by atoms with Crippen LogP contribution in [0.4, 0.5) is 0 Å². The van der Waals surface area contributed by atoms with E-state index in [0.717, 1.165) is 24.8 Å². The summed E-state index contributed by atoms with van der Waals surface area (Å²) in [6.07, 6.45) is 13.5. The molecule has 0 unspecified atom stereocenters. The van der Waals surface area contributed by atoms with Crippen molar-refractivity contribution in [2.75, 3.05) is 6.61 Å². The SMILES string of the molecule is C[C@H]1C(=O)O[C@@H]2C[C@H](C)[C@@]34C=C[C@@](C)(C[C@@]35C(=O)O[C@@H]3C[C@@]67CO[C@@](C)(C=CC6=CC[C@@H]35)O7)[C@]43O[C@@H]3[C@@H]21. The molecule has 0 N–H and O–H groups in total. The van der Waals surface area contributed by atoms with Crippen molar-refractivity contribution in [2.24, 2.45) is 39.9 Å². The third kappa shape index (κ3) is 2.00. The lowest BCUT2D eigenvalue weighted by Gasteiger charge is -2.48. The van der Waals surface area contributed by atoms with Crippen LogP contribution in [0.15, 0.2) is 36.0 Å². The molecule has 0 radical (unpaired) electrons. The number of carbonyl (C=O) groups is 2. The molecule has 4 aliphatic carbocycles. The van der Waals surface area contributed by atoms with Crippen molar-refractivity contribution in [3.05, 3.63) is 36.0 Å². The van der Waals surface area contributed by atoms with Crippen molar-refractivity contribution in [3.8, 4) is 0 Å². The average molecular weight is 507 g/mol. The number of ether oxygens (including phenoxy) is 5. The Morgan fingerprint density at radius 2 is 1.86 bits per heavy atom. The lowest BCUT2D eigenvalue weighted by Crippen LogP contribution is -2.54. The molecule has 7 heteroatoms. The molecule has 37 heavy (non-hydrogen) atoms. The van der Waals surface area contributed by atoms with Gasteiger partial charge >= 0.3 is 11.9 Å². The van der Waals surface area contributed by atoms with Gasteiger partial charge in [0.05, 0.1) is 24.0 Å². The Morgan fingerprint density at radius 3 is 2.70 bits per heavy atom. The summed E-state index contributed by atoms with van der Waals surface area (Å²) in [6, 6.07) is 0. The van der Waals surface area contributed by atoms with Gasteiger partial charge in [0.25, 0.3) is 0 Å². The minimum atomic E-state index is -0.723. The summed E-state index contributed by atoms with van der Waals surface area (Å²) in [4.78, 5) is 27.0. The van der Waals surface area contributed by atoms with Crippen LogP contribution in [0.1, 0.15) is 53.4 Å². The van der Waals surface area contributed by atoms with Crippen molar-refractivity contribution < 1.29 is 33.3 Å². The highest BCUT2D eigenvalue weighted by Gasteiger charge is 2.94. The van der Waals surface area contributed by atoms with E-state index >= 15 is 0 Å². The topological polar surface area (TPSA) is 83.6 Å². The molecule has 196 valence electrons. The quantitative estimate of drug-likeness (QED) is 0.282. The number of epoxide rings is 1. The highest BCUT2D eigenvalue weighted by atomic mass is 16.8. The highest BCUT2D eigenvalue weighted by molar-refractivity contribution is 5.85. The van der Waals surface area contributed by atoms with E-state index in [2.05, 4.69) is 38.2 Å². The van der Waals surface area contributed by atoms with Crippen LogP contribution in [0.3, 0.4) is 0 Å². The summed E-state index contributed by atoms with van der Waals surface area (Å²) < 4.78 is 31.8. The predicted molar refractivity (Wildman–Crippen MR) is 129 cm³/mol. The molecule has 0 aromatic heterocycles. The molecule has 4 saturated heterocycles. The third-order valence-electron chi connectivity index (χ3n) is 12.5. The second kappa shape index (κ2) is 5.95. The van der Waals surface area contributed by atoms with E-state index < -0.39 is 27.8 Å². The Labute approximate surface area is 216 Å². The fraction of sp³-hybridized carbons (Fsp3) is 0.733. The number of hydrogen-bond acceptors (Lipinski definition) is 7. The van der Waals surface area contributed by atoms with Crippen molar-refractivity contribution in [1.82, 2.24) is 0 Å². The molecule has 5 aliphatic heterocycles. The number of rotatable bonds is 0. The smallest absolute Gasteiger partial charge is 0.313 e. The molecule has 3 spiro atoms. The Morgan fingerprint density at radius 1 is 1.03 bits per heavy atom. The number of fused-ring (bicyclic) bond motifs is 5. The van der Waals surface area contributed by atoms with Crippen LogP contribution in [0.25, 0.3) is 0 Å². The van der Waals surface area contributed by atoms with Crippen LogP contribution in [0, 0.1) is 39.9 Å². The maximum Gasteiger partial charge on any atom is 0.313 e. The van der Waals surface area contributed by atoms with E-state index in [4.69, 9.17) is 23.7 Å². The number of allylic oxidation sites excluding steroid dienone is 1. The van der Waals surface area contributed by atoms with Gasteiger partial charge in [-0.25, -0.2) is 0 Å². The second-order valence-corrected chi connectivity index (χ2v) is 13.9. The summed E-state index contributed by atoms with van der Waals surface area (Å²) in [7, 11) is 0. The molecule has 5 heterocycles. The molecule has 6 fully saturated rings. The van der Waals surface area contributed by atoms with Gasteiger partial charge in [-0.05, 0) is 43.8 Å². The monoisotopic (exact) mass is 506 g/mol. The molecule has 2 saturated carbocycles. The summed E-state index contributed by atoms with van der Waals surface area (Å²) >= 11 is 0.